The molecule has 0 saturated carbocycles. The second-order valence-corrected chi connectivity index (χ2v) is 4.94. The van der Waals surface area contributed by atoms with Gasteiger partial charge in [0.25, 0.3) is 0 Å². The van der Waals surface area contributed by atoms with Crippen molar-refractivity contribution in [2.24, 2.45) is 7.05 Å². The molecule has 1 aliphatic rings. The normalized spacial score (nSPS) is 13.8. The summed E-state index contributed by atoms with van der Waals surface area (Å²) >= 11 is 0. The van der Waals surface area contributed by atoms with Gasteiger partial charge in [-0.15, -0.1) is 0 Å². The van der Waals surface area contributed by atoms with Crippen LogP contribution in [0.4, 0.5) is 11.4 Å². The summed E-state index contributed by atoms with van der Waals surface area (Å²) in [6.07, 6.45) is 1.20. The first-order chi connectivity index (χ1) is 9.52. The van der Waals surface area contributed by atoms with Crippen molar-refractivity contribution in [2.75, 3.05) is 11.1 Å². The lowest BCUT2D eigenvalue weighted by Crippen LogP contribution is -2.19. The zero-order chi connectivity index (χ0) is 14.3. The molecule has 20 heavy (non-hydrogen) atoms. The fourth-order valence-electron chi connectivity index (χ4n) is 2.31. The average molecular weight is 272 g/mol. The van der Waals surface area contributed by atoms with Crippen LogP contribution in [0.3, 0.4) is 0 Å². The molecule has 0 atom stereocenters. The highest BCUT2D eigenvalue weighted by Crippen LogP contribution is 2.35. The van der Waals surface area contributed by atoms with Gasteiger partial charge in [0.05, 0.1) is 11.4 Å². The maximum absolute atomic E-state index is 11.4. The van der Waals surface area contributed by atoms with Crippen LogP contribution in [0.5, 0.6) is 11.6 Å². The Morgan fingerprint density at radius 1 is 1.35 bits per heavy atom. The Kier molecular flexibility index (Phi) is 2.85. The Bertz CT molecular complexity index is 691. The van der Waals surface area contributed by atoms with Crippen molar-refractivity contribution >= 4 is 17.3 Å². The molecule has 0 saturated heterocycles. The lowest BCUT2D eigenvalue weighted by Gasteiger charge is -2.19. The minimum Gasteiger partial charge on any atom is -0.437 e. The Labute approximate surface area is 116 Å². The van der Waals surface area contributed by atoms with Crippen LogP contribution >= 0.6 is 0 Å². The van der Waals surface area contributed by atoms with Crippen molar-refractivity contribution in [3.63, 3.8) is 0 Å². The summed E-state index contributed by atoms with van der Waals surface area (Å²) in [5.41, 5.74) is 9.24. The van der Waals surface area contributed by atoms with Crippen LogP contribution in [0.25, 0.3) is 0 Å². The lowest BCUT2D eigenvalue weighted by atomic mass is 10.0. The summed E-state index contributed by atoms with van der Waals surface area (Å²) in [5.74, 6) is 1.15. The minimum absolute atomic E-state index is 0.0181. The number of aryl methyl sites for hydroxylation is 3. The number of hydrogen-bond donors (Lipinski definition) is 2. The average Bonchev–Trinajstić information content (AvgIpc) is 2.69. The van der Waals surface area contributed by atoms with Crippen molar-refractivity contribution in [1.82, 2.24) is 9.78 Å². The molecule has 0 aliphatic carbocycles. The molecule has 3 rings (SSSR count). The van der Waals surface area contributed by atoms with Gasteiger partial charge in [-0.1, -0.05) is 0 Å². The van der Waals surface area contributed by atoms with Crippen LogP contribution in [0.2, 0.25) is 0 Å². The molecule has 2 aromatic rings. The number of anilines is 2. The number of nitrogen functional groups attached to an aromatic ring is 1. The number of nitrogens with two attached hydrogens (primary N) is 1. The zero-order valence-corrected chi connectivity index (χ0v) is 11.4. The summed E-state index contributed by atoms with van der Waals surface area (Å²) in [6, 6.07) is 5.45. The number of carbonyl (C=O) groups excluding carboxylic acids is 1. The van der Waals surface area contributed by atoms with Crippen LogP contribution in [0.15, 0.2) is 18.2 Å². The van der Waals surface area contributed by atoms with Gasteiger partial charge in [0, 0.05) is 31.3 Å². The topological polar surface area (TPSA) is 82.2 Å². The number of benzene rings is 1. The van der Waals surface area contributed by atoms with E-state index in [-0.39, 0.29) is 5.91 Å². The van der Waals surface area contributed by atoms with Crippen molar-refractivity contribution in [3.05, 3.63) is 29.5 Å². The van der Waals surface area contributed by atoms with Crippen molar-refractivity contribution in [1.29, 1.82) is 0 Å². The van der Waals surface area contributed by atoms with E-state index in [9.17, 15) is 4.79 Å². The molecular formula is C14H16N4O2. The van der Waals surface area contributed by atoms with Gasteiger partial charge in [0.2, 0.25) is 11.8 Å². The van der Waals surface area contributed by atoms with E-state index in [0.717, 1.165) is 16.9 Å². The maximum atomic E-state index is 11.4. The van der Waals surface area contributed by atoms with Crippen LogP contribution < -0.4 is 15.8 Å². The molecule has 6 heteroatoms. The van der Waals surface area contributed by atoms with E-state index in [1.54, 1.807) is 17.8 Å². The van der Waals surface area contributed by atoms with Gasteiger partial charge in [-0.05, 0) is 25.0 Å². The second kappa shape index (κ2) is 4.56. The summed E-state index contributed by atoms with van der Waals surface area (Å²) in [7, 11) is 1.80. The molecule has 1 aromatic carbocycles. The summed E-state index contributed by atoms with van der Waals surface area (Å²) in [6.45, 7) is 1.89. The third-order valence-electron chi connectivity index (χ3n) is 3.30. The molecule has 0 bridgehead atoms. The summed E-state index contributed by atoms with van der Waals surface area (Å²) in [4.78, 5) is 11.4. The number of carbonyl (C=O) groups is 1. The third kappa shape index (κ3) is 2.20. The van der Waals surface area contributed by atoms with Crippen LogP contribution in [-0.4, -0.2) is 15.7 Å². The number of aromatic nitrogens is 2. The molecule has 1 aliphatic heterocycles. The number of amides is 1. The highest BCUT2D eigenvalue weighted by molar-refractivity contribution is 5.94. The number of rotatable bonds is 2. The molecular weight excluding hydrogens is 256 g/mol. The number of nitrogens with zero attached hydrogens (tertiary/aromatic N) is 2. The van der Waals surface area contributed by atoms with E-state index in [4.69, 9.17) is 10.5 Å². The number of fused-ring (bicyclic) bond motifs is 1. The van der Waals surface area contributed by atoms with Gasteiger partial charge in [0.15, 0.2) is 5.75 Å². The van der Waals surface area contributed by atoms with Crippen molar-refractivity contribution < 1.29 is 9.53 Å². The Morgan fingerprint density at radius 2 is 2.15 bits per heavy atom. The Morgan fingerprint density at radius 3 is 2.85 bits per heavy atom. The van der Waals surface area contributed by atoms with E-state index in [0.29, 0.717) is 30.2 Å². The molecule has 0 fully saturated rings. The van der Waals surface area contributed by atoms with Gasteiger partial charge >= 0.3 is 0 Å². The van der Waals surface area contributed by atoms with E-state index in [1.165, 1.54) is 0 Å². The Balaban J connectivity index is 1.96. The zero-order valence-electron chi connectivity index (χ0n) is 11.4. The van der Waals surface area contributed by atoms with Gasteiger partial charge in [-0.2, -0.15) is 5.10 Å². The summed E-state index contributed by atoms with van der Waals surface area (Å²) in [5, 5.41) is 7.05. The summed E-state index contributed by atoms with van der Waals surface area (Å²) < 4.78 is 7.43. The Hall–Kier alpha value is -2.50. The van der Waals surface area contributed by atoms with Crippen LogP contribution in [0.1, 0.15) is 17.7 Å². The van der Waals surface area contributed by atoms with Gasteiger partial charge in [-0.25, -0.2) is 4.68 Å². The lowest BCUT2D eigenvalue weighted by molar-refractivity contribution is -0.116. The fraction of sp³-hybridized carbons (Fsp3) is 0.286. The highest BCUT2D eigenvalue weighted by atomic mass is 16.5. The monoisotopic (exact) mass is 272 g/mol. The van der Waals surface area contributed by atoms with E-state index in [2.05, 4.69) is 10.4 Å². The molecule has 1 aromatic heterocycles. The number of ether oxygens (including phenoxy) is 1. The predicted molar refractivity (Wildman–Crippen MR) is 75.8 cm³/mol. The molecule has 3 N–H and O–H groups in total. The molecule has 6 nitrogen and oxygen atoms in total. The molecule has 0 spiro atoms. The minimum atomic E-state index is 0.0181. The molecule has 0 radical (unpaired) electrons. The van der Waals surface area contributed by atoms with Gasteiger partial charge in [0.1, 0.15) is 0 Å². The molecule has 1 amide bonds. The van der Waals surface area contributed by atoms with Crippen LogP contribution in [-0.2, 0) is 18.3 Å². The standard InChI is InChI=1S/C14H16N4O2/c1-8-5-14(18(2)17-8)20-12-7-11-9(6-10(12)15)3-4-13(19)16-11/h5-7H,3-4,15H2,1-2H3,(H,16,19). The number of nitrogens with one attached hydrogen (secondary N) is 1. The first-order valence-electron chi connectivity index (χ1n) is 6.43. The maximum Gasteiger partial charge on any atom is 0.224 e. The quantitative estimate of drug-likeness (QED) is 0.819. The highest BCUT2D eigenvalue weighted by Gasteiger charge is 2.18. The molecule has 2 heterocycles. The van der Waals surface area contributed by atoms with E-state index in [1.807, 2.05) is 19.1 Å². The fourth-order valence-corrected chi connectivity index (χ4v) is 2.31. The second-order valence-electron chi connectivity index (χ2n) is 4.94. The third-order valence-corrected chi connectivity index (χ3v) is 3.30. The molecule has 104 valence electrons. The van der Waals surface area contributed by atoms with Gasteiger partial charge in [-0.3, -0.25) is 4.79 Å². The smallest absolute Gasteiger partial charge is 0.224 e. The number of hydrogen-bond acceptors (Lipinski definition) is 4. The van der Waals surface area contributed by atoms with Gasteiger partial charge < -0.3 is 15.8 Å². The first kappa shape index (κ1) is 12.5. The van der Waals surface area contributed by atoms with Crippen molar-refractivity contribution in [2.45, 2.75) is 19.8 Å². The van der Waals surface area contributed by atoms with Crippen molar-refractivity contribution in [3.8, 4) is 11.6 Å². The predicted octanol–water partition coefficient (Wildman–Crippen LogP) is 1.99. The van der Waals surface area contributed by atoms with E-state index >= 15 is 0 Å². The largest absolute Gasteiger partial charge is 0.437 e. The van der Waals surface area contributed by atoms with E-state index < -0.39 is 0 Å². The first-order valence-corrected chi connectivity index (χ1v) is 6.43. The molecule has 0 unspecified atom stereocenters. The SMILES string of the molecule is Cc1cc(Oc2cc3c(cc2N)CCC(=O)N3)n(C)n1. The van der Waals surface area contributed by atoms with Crippen LogP contribution in [0, 0.1) is 6.92 Å².